The number of nitrogens with one attached hydrogen (secondary N) is 3. The number of nitrogens with two attached hydrogens (primary N) is 2. The largest absolute Gasteiger partial charge is 0.459 e. The second-order valence-corrected chi connectivity index (χ2v) is 16.2. The van der Waals surface area contributed by atoms with E-state index in [1.165, 1.54) is 13.0 Å². The first kappa shape index (κ1) is 47.4. The average Bonchev–Trinajstić information content (AvgIpc) is 3.28. The molecule has 4 atom stereocenters. The molecule has 330 valence electrons. The molecule has 0 spiro atoms. The summed E-state index contributed by atoms with van der Waals surface area (Å²) in [6.45, 7) is 6.23. The molecule has 0 aliphatic rings. The summed E-state index contributed by atoms with van der Waals surface area (Å²) in [4.78, 5) is 71.0. The molecule has 0 aliphatic carbocycles. The lowest BCUT2D eigenvalue weighted by molar-refractivity contribution is -0.459. The number of Topliss-reactive ketones (excluding diaryl/α,β-unsaturated/α-hetero) is 2. The lowest BCUT2D eigenvalue weighted by Gasteiger charge is -2.25. The van der Waals surface area contributed by atoms with Crippen LogP contribution in [-0.4, -0.2) is 60.5 Å². The molecule has 0 aliphatic heterocycles. The molecule has 63 heavy (non-hydrogen) atoms. The number of ketones is 2. The van der Waals surface area contributed by atoms with Crippen LogP contribution in [0.2, 0.25) is 0 Å². The van der Waals surface area contributed by atoms with Gasteiger partial charge in [0, 0.05) is 24.7 Å². The smallest absolute Gasteiger partial charge is 0.338 e. The van der Waals surface area contributed by atoms with Crippen molar-refractivity contribution in [1.29, 1.82) is 0 Å². The number of quaternary nitrogens is 1. The minimum Gasteiger partial charge on any atom is -0.459 e. The van der Waals surface area contributed by atoms with Crippen LogP contribution in [0.4, 0.5) is 0 Å². The van der Waals surface area contributed by atoms with Gasteiger partial charge in [-0.05, 0) is 102 Å². The molecule has 0 radical (unpaired) electrons. The molecule has 0 saturated carbocycles. The van der Waals surface area contributed by atoms with Crippen LogP contribution in [0.5, 0.6) is 0 Å². The van der Waals surface area contributed by atoms with Gasteiger partial charge in [0.1, 0.15) is 18.4 Å². The Morgan fingerprint density at radius 3 is 1.97 bits per heavy atom. The number of ether oxygens (including phenoxy) is 1. The van der Waals surface area contributed by atoms with E-state index in [2.05, 4.69) is 70.4 Å². The molecule has 0 bridgehead atoms. The summed E-state index contributed by atoms with van der Waals surface area (Å²) in [5, 5.41) is 10.3. The Morgan fingerprint density at radius 2 is 1.35 bits per heavy atom. The number of esters is 1. The van der Waals surface area contributed by atoms with E-state index in [9.17, 15) is 24.0 Å². The van der Waals surface area contributed by atoms with Crippen molar-refractivity contribution >= 4 is 56.9 Å². The second-order valence-electron chi connectivity index (χ2n) is 16.2. The molecule has 0 fully saturated rings. The molecule has 12 nitrogen and oxygen atoms in total. The summed E-state index contributed by atoms with van der Waals surface area (Å²) in [5.74, 6) is -3.58. The summed E-state index contributed by atoms with van der Waals surface area (Å²) in [7, 11) is 0. The standard InChI is InChI=1S/C51H60N6O6/c1-3-14-45(50(62)63-33-36-15-5-4-6-16-36)57-48(60)40(19-13-28-55-51(53)54)32-46(59)44(22-11-12-27-52)56-49(61)41(29-34(2)58)30-35-23-25-37(26-24-35)47-42-20-9-7-17-38(42)31-39-18-8-10-21-43(39)47/h3-10,15-18,20-21,23-26,31,40-41,44-45H,1,11-14,19,22,27-30,32-33,52H2,2H3,(H,56,61)(H,57,60)(H4,53,54,55)/p+2/t40-,41-,44+,45-/m0/s1. The van der Waals surface area contributed by atoms with Crippen LogP contribution in [0.25, 0.3) is 32.7 Å². The Bertz CT molecular complexity index is 2320. The summed E-state index contributed by atoms with van der Waals surface area (Å²) >= 11 is 0. The van der Waals surface area contributed by atoms with Crippen LogP contribution >= 0.6 is 0 Å². The zero-order chi connectivity index (χ0) is 45.1. The SMILES string of the molecule is C=CC[C@H](NC(=O)[C@@H](CCC[NH+]=C(N)N)CC(=O)[C@@H](CCCC[NH3+])NC(=O)[C@@H](CC(C)=O)Cc1ccc(-c2c3ccccc3cc3ccccc23)cc1)C(=O)OCc1ccccc1. The number of unbranched alkanes of at least 4 members (excludes halogenated alkanes) is 1. The first-order valence-corrected chi connectivity index (χ1v) is 21.8. The van der Waals surface area contributed by atoms with Gasteiger partial charge in [-0.2, -0.15) is 0 Å². The highest BCUT2D eigenvalue weighted by Crippen LogP contribution is 2.36. The Hall–Kier alpha value is -6.66. The van der Waals surface area contributed by atoms with Gasteiger partial charge in [-0.3, -0.25) is 30.8 Å². The zero-order valence-electron chi connectivity index (χ0n) is 36.3. The molecule has 5 aromatic carbocycles. The number of amides is 2. The summed E-state index contributed by atoms with van der Waals surface area (Å²) in [5.41, 5.74) is 18.9. The average molecular weight is 855 g/mol. The number of hydrogen-bond acceptors (Lipinski definition) is 6. The molecule has 10 N–H and O–H groups in total. The van der Waals surface area contributed by atoms with E-state index in [-0.39, 0.29) is 56.2 Å². The molecule has 2 amide bonds. The van der Waals surface area contributed by atoms with Crippen LogP contribution in [0.15, 0.2) is 122 Å². The van der Waals surface area contributed by atoms with Gasteiger partial charge in [0.05, 0.1) is 19.1 Å². The number of carbonyl (C=O) groups is 5. The third-order valence-electron chi connectivity index (χ3n) is 11.2. The molecule has 0 heterocycles. The summed E-state index contributed by atoms with van der Waals surface area (Å²) < 4.78 is 5.53. The van der Waals surface area contributed by atoms with E-state index in [4.69, 9.17) is 16.2 Å². The quantitative estimate of drug-likeness (QED) is 0.0125. The zero-order valence-corrected chi connectivity index (χ0v) is 36.3. The molecule has 0 saturated heterocycles. The van der Waals surface area contributed by atoms with Crippen molar-refractivity contribution < 1.29 is 39.4 Å². The first-order chi connectivity index (χ1) is 30.5. The summed E-state index contributed by atoms with van der Waals surface area (Å²) in [6.07, 6.45) is 4.08. The van der Waals surface area contributed by atoms with Crippen LogP contribution in [0, 0.1) is 11.8 Å². The van der Waals surface area contributed by atoms with Crippen LogP contribution in [0.3, 0.4) is 0 Å². The van der Waals surface area contributed by atoms with E-state index in [1.54, 1.807) is 0 Å². The Labute approximate surface area is 369 Å². The predicted octanol–water partition coefficient (Wildman–Crippen LogP) is 4.21. The number of benzene rings is 5. The fourth-order valence-corrected chi connectivity index (χ4v) is 7.94. The molecule has 12 heteroatoms. The van der Waals surface area contributed by atoms with Gasteiger partial charge >= 0.3 is 11.9 Å². The monoisotopic (exact) mass is 854 g/mol. The number of carbonyl (C=O) groups excluding carboxylic acids is 5. The van der Waals surface area contributed by atoms with E-state index < -0.39 is 41.7 Å². The van der Waals surface area contributed by atoms with Crippen molar-refractivity contribution in [2.75, 3.05) is 13.1 Å². The lowest BCUT2D eigenvalue weighted by atomic mass is 9.89. The topological polar surface area (TPSA) is 212 Å². The molecule has 0 unspecified atom stereocenters. The predicted molar refractivity (Wildman–Crippen MR) is 247 cm³/mol. The van der Waals surface area contributed by atoms with Crippen molar-refractivity contribution in [2.45, 2.75) is 83.4 Å². The maximum atomic E-state index is 14.3. The van der Waals surface area contributed by atoms with Crippen LogP contribution in [-0.2, 0) is 41.7 Å². The molecular formula is C51H62N6O6+2. The molecule has 0 aromatic heterocycles. The molecule has 5 rings (SSSR count). The minimum absolute atomic E-state index is 0.00821. The van der Waals surface area contributed by atoms with Crippen molar-refractivity contribution in [3.05, 3.63) is 133 Å². The van der Waals surface area contributed by atoms with Crippen molar-refractivity contribution in [2.24, 2.45) is 23.3 Å². The second kappa shape index (κ2) is 24.1. The minimum atomic E-state index is -1.03. The highest BCUT2D eigenvalue weighted by atomic mass is 16.5. The number of guanidine groups is 1. The van der Waals surface area contributed by atoms with Gasteiger partial charge < -0.3 is 25.9 Å². The highest BCUT2D eigenvalue weighted by Gasteiger charge is 2.32. The number of fused-ring (bicyclic) bond motifs is 2. The van der Waals surface area contributed by atoms with E-state index in [0.29, 0.717) is 32.4 Å². The van der Waals surface area contributed by atoms with Gasteiger partial charge in [-0.15, -0.1) is 6.58 Å². The van der Waals surface area contributed by atoms with Gasteiger partial charge in [-0.1, -0.05) is 109 Å². The van der Waals surface area contributed by atoms with Crippen molar-refractivity contribution in [1.82, 2.24) is 10.6 Å². The highest BCUT2D eigenvalue weighted by molar-refractivity contribution is 6.12. The van der Waals surface area contributed by atoms with Crippen molar-refractivity contribution in [3.8, 4) is 11.1 Å². The number of hydrogen-bond donors (Lipinski definition) is 6. The van der Waals surface area contributed by atoms with E-state index in [1.807, 2.05) is 66.7 Å². The maximum Gasteiger partial charge on any atom is 0.338 e. The third-order valence-corrected chi connectivity index (χ3v) is 11.2. The molecule has 5 aromatic rings. The summed E-state index contributed by atoms with van der Waals surface area (Å²) in [6, 6.07) is 34.2. The fraction of sp³-hybridized carbons (Fsp3) is 0.333. The normalized spacial score (nSPS) is 13.0. The Kier molecular flexibility index (Phi) is 18.1. The van der Waals surface area contributed by atoms with Crippen LogP contribution in [0.1, 0.15) is 69.4 Å². The lowest BCUT2D eigenvalue weighted by Crippen LogP contribution is -2.78. The Morgan fingerprint density at radius 1 is 0.730 bits per heavy atom. The first-order valence-electron chi connectivity index (χ1n) is 21.8. The van der Waals surface area contributed by atoms with Gasteiger partial charge in [-0.25, -0.2) is 4.79 Å². The fourth-order valence-electron chi connectivity index (χ4n) is 7.94. The van der Waals surface area contributed by atoms with E-state index in [0.717, 1.165) is 50.2 Å². The maximum absolute atomic E-state index is 14.3. The Balaban J connectivity index is 1.33. The van der Waals surface area contributed by atoms with Gasteiger partial charge in [0.15, 0.2) is 5.78 Å². The van der Waals surface area contributed by atoms with Crippen molar-refractivity contribution in [3.63, 3.8) is 0 Å². The van der Waals surface area contributed by atoms with Gasteiger partial charge in [0.25, 0.3) is 0 Å². The molecular weight excluding hydrogens is 793 g/mol. The van der Waals surface area contributed by atoms with Crippen LogP contribution < -0.4 is 32.8 Å². The third kappa shape index (κ3) is 14.2. The number of rotatable bonds is 25. The van der Waals surface area contributed by atoms with E-state index >= 15 is 0 Å². The van der Waals surface area contributed by atoms with Gasteiger partial charge in [0.2, 0.25) is 11.8 Å².